The van der Waals surface area contributed by atoms with Gasteiger partial charge < -0.3 is 23.0 Å². The number of hydrogen-bond acceptors (Lipinski definition) is 7. The van der Waals surface area contributed by atoms with Gasteiger partial charge in [-0.25, -0.2) is 9.59 Å². The zero-order chi connectivity index (χ0) is 17.8. The smallest absolute Gasteiger partial charge is 0.333 e. The van der Waals surface area contributed by atoms with Gasteiger partial charge in [-0.2, -0.15) is 0 Å². The van der Waals surface area contributed by atoms with Gasteiger partial charge in [-0.15, -0.1) is 0 Å². The highest BCUT2D eigenvalue weighted by Gasteiger charge is 2.15. The molecule has 0 aliphatic carbocycles. The Morgan fingerprint density at radius 3 is 1.57 bits per heavy atom. The largest absolute Gasteiger partial charge is 0.460 e. The lowest BCUT2D eigenvalue weighted by molar-refractivity contribution is -0.140. The van der Waals surface area contributed by atoms with Crippen molar-refractivity contribution in [1.29, 1.82) is 0 Å². The van der Waals surface area contributed by atoms with E-state index in [0.29, 0.717) is 11.1 Å². The van der Waals surface area contributed by atoms with E-state index in [9.17, 15) is 9.59 Å². The SMILES string of the molecule is C=C(C)C(=O)OCCOP(OCCOC(=O)C(=C)C)OC(C)C. The second-order valence-electron chi connectivity index (χ2n) is 4.88. The van der Waals surface area contributed by atoms with Gasteiger partial charge in [0.05, 0.1) is 19.3 Å². The Morgan fingerprint density at radius 2 is 1.26 bits per heavy atom. The van der Waals surface area contributed by atoms with Gasteiger partial charge in [0.1, 0.15) is 13.2 Å². The Bertz CT molecular complexity index is 386. The van der Waals surface area contributed by atoms with Gasteiger partial charge in [-0.1, -0.05) is 13.2 Å². The molecule has 0 aromatic carbocycles. The van der Waals surface area contributed by atoms with Crippen LogP contribution in [0.1, 0.15) is 27.7 Å². The Hall–Kier alpha value is -1.27. The van der Waals surface area contributed by atoms with E-state index in [1.807, 2.05) is 13.8 Å². The van der Waals surface area contributed by atoms with Crippen LogP contribution in [0.15, 0.2) is 24.3 Å². The second kappa shape index (κ2) is 12.2. The monoisotopic (exact) mass is 348 g/mol. The van der Waals surface area contributed by atoms with E-state index < -0.39 is 20.5 Å². The average molecular weight is 348 g/mol. The zero-order valence-corrected chi connectivity index (χ0v) is 15.0. The van der Waals surface area contributed by atoms with Crippen molar-refractivity contribution >= 4 is 20.5 Å². The average Bonchev–Trinajstić information content (AvgIpc) is 2.46. The summed E-state index contributed by atoms with van der Waals surface area (Å²) in [5, 5.41) is 0. The van der Waals surface area contributed by atoms with Crippen LogP contribution in [0.2, 0.25) is 0 Å². The van der Waals surface area contributed by atoms with Crippen LogP contribution >= 0.6 is 8.60 Å². The van der Waals surface area contributed by atoms with Crippen LogP contribution in [0.25, 0.3) is 0 Å². The first-order chi connectivity index (χ1) is 10.7. The van der Waals surface area contributed by atoms with Crippen LogP contribution in [0.3, 0.4) is 0 Å². The van der Waals surface area contributed by atoms with Gasteiger partial charge in [0.15, 0.2) is 0 Å². The van der Waals surface area contributed by atoms with Crippen molar-refractivity contribution in [1.82, 2.24) is 0 Å². The van der Waals surface area contributed by atoms with E-state index >= 15 is 0 Å². The molecule has 0 N–H and O–H groups in total. The van der Waals surface area contributed by atoms with Crippen molar-refractivity contribution in [2.24, 2.45) is 0 Å². The fraction of sp³-hybridized carbons (Fsp3) is 0.600. The van der Waals surface area contributed by atoms with Crippen molar-refractivity contribution in [3.63, 3.8) is 0 Å². The lowest BCUT2D eigenvalue weighted by Gasteiger charge is -2.18. The molecule has 0 heterocycles. The Kier molecular flexibility index (Phi) is 11.5. The highest BCUT2D eigenvalue weighted by Crippen LogP contribution is 2.40. The molecular formula is C15H25O7P. The van der Waals surface area contributed by atoms with Crippen molar-refractivity contribution in [3.05, 3.63) is 24.3 Å². The minimum absolute atomic E-state index is 0.0694. The van der Waals surface area contributed by atoms with Crippen LogP contribution < -0.4 is 0 Å². The molecule has 0 aromatic rings. The van der Waals surface area contributed by atoms with E-state index in [-0.39, 0.29) is 32.5 Å². The lowest BCUT2D eigenvalue weighted by atomic mass is 10.4. The maximum absolute atomic E-state index is 11.2. The Labute approximate surface area is 138 Å². The molecule has 7 nitrogen and oxygen atoms in total. The molecule has 0 rings (SSSR count). The number of carbonyl (C=O) groups is 2. The van der Waals surface area contributed by atoms with Gasteiger partial charge in [0.2, 0.25) is 0 Å². The molecule has 0 fully saturated rings. The van der Waals surface area contributed by atoms with Gasteiger partial charge in [-0.05, 0) is 27.7 Å². The lowest BCUT2D eigenvalue weighted by Crippen LogP contribution is -2.13. The number of esters is 2. The van der Waals surface area contributed by atoms with Gasteiger partial charge in [0, 0.05) is 11.1 Å². The molecule has 0 aromatic heterocycles. The summed E-state index contributed by atoms with van der Waals surface area (Å²) >= 11 is 0. The molecule has 23 heavy (non-hydrogen) atoms. The summed E-state index contributed by atoms with van der Waals surface area (Å²) in [6.07, 6.45) is -0.1000. The van der Waals surface area contributed by atoms with Crippen molar-refractivity contribution in [2.45, 2.75) is 33.8 Å². The molecule has 0 radical (unpaired) electrons. The normalized spacial score (nSPS) is 10.7. The van der Waals surface area contributed by atoms with E-state index in [0.717, 1.165) is 0 Å². The minimum Gasteiger partial charge on any atom is -0.460 e. The van der Waals surface area contributed by atoms with Crippen LogP contribution in [0.4, 0.5) is 0 Å². The Balaban J connectivity index is 4.02. The standard InChI is InChI=1S/C15H25O7P/c1-11(2)14(16)18-7-9-20-23(22-13(5)6)21-10-8-19-15(17)12(3)4/h13H,1,3,7-10H2,2,4-6H3. The summed E-state index contributed by atoms with van der Waals surface area (Å²) in [5.74, 6) is -0.953. The molecule has 0 unspecified atom stereocenters. The third kappa shape index (κ3) is 11.9. The molecule has 0 spiro atoms. The van der Waals surface area contributed by atoms with Gasteiger partial charge in [0.25, 0.3) is 0 Å². The van der Waals surface area contributed by atoms with Crippen molar-refractivity contribution in [3.8, 4) is 0 Å². The molecule has 0 saturated carbocycles. The quantitative estimate of drug-likeness (QED) is 0.232. The highest BCUT2D eigenvalue weighted by molar-refractivity contribution is 7.41. The highest BCUT2D eigenvalue weighted by atomic mass is 31.2. The van der Waals surface area contributed by atoms with Gasteiger partial charge in [-0.3, -0.25) is 0 Å². The minimum atomic E-state index is -1.62. The molecule has 0 atom stereocenters. The molecule has 0 amide bonds. The first-order valence-corrected chi connectivity index (χ1v) is 8.21. The fourth-order valence-corrected chi connectivity index (χ4v) is 2.00. The van der Waals surface area contributed by atoms with E-state index in [2.05, 4.69) is 13.2 Å². The summed E-state index contributed by atoms with van der Waals surface area (Å²) in [5.41, 5.74) is 0.641. The summed E-state index contributed by atoms with van der Waals surface area (Å²) in [7, 11) is -1.62. The molecule has 8 heteroatoms. The molecule has 0 aliphatic rings. The summed E-state index contributed by atoms with van der Waals surface area (Å²) in [6, 6.07) is 0. The third-order valence-corrected chi connectivity index (χ3v) is 3.40. The zero-order valence-electron chi connectivity index (χ0n) is 14.1. The third-order valence-electron chi connectivity index (χ3n) is 2.02. The first kappa shape index (κ1) is 21.7. The topological polar surface area (TPSA) is 80.3 Å². The molecule has 132 valence electrons. The first-order valence-electron chi connectivity index (χ1n) is 7.12. The second-order valence-corrected chi connectivity index (χ2v) is 6.05. The number of rotatable bonds is 12. The van der Waals surface area contributed by atoms with E-state index in [1.54, 1.807) is 13.8 Å². The molecular weight excluding hydrogens is 323 g/mol. The summed E-state index contributed by atoms with van der Waals surface area (Å²) < 4.78 is 26.0. The van der Waals surface area contributed by atoms with Crippen LogP contribution in [0.5, 0.6) is 0 Å². The van der Waals surface area contributed by atoms with Crippen LogP contribution in [-0.2, 0) is 32.6 Å². The van der Waals surface area contributed by atoms with Crippen LogP contribution in [0, 0.1) is 0 Å². The maximum Gasteiger partial charge on any atom is 0.333 e. The van der Waals surface area contributed by atoms with E-state index in [4.69, 9.17) is 23.0 Å². The van der Waals surface area contributed by atoms with Crippen molar-refractivity contribution in [2.75, 3.05) is 26.4 Å². The Morgan fingerprint density at radius 1 is 0.870 bits per heavy atom. The van der Waals surface area contributed by atoms with Crippen LogP contribution in [-0.4, -0.2) is 44.5 Å². The predicted molar refractivity (Wildman–Crippen MR) is 86.6 cm³/mol. The fourth-order valence-electron chi connectivity index (χ4n) is 1.01. The number of hydrogen-bond donors (Lipinski definition) is 0. The molecule has 0 saturated heterocycles. The van der Waals surface area contributed by atoms with Gasteiger partial charge >= 0.3 is 20.5 Å². The molecule has 0 bridgehead atoms. The number of carbonyl (C=O) groups excluding carboxylic acids is 2. The molecule has 0 aliphatic heterocycles. The maximum atomic E-state index is 11.2. The van der Waals surface area contributed by atoms with E-state index in [1.165, 1.54) is 0 Å². The summed E-state index contributed by atoms with van der Waals surface area (Å²) in [6.45, 7) is 14.1. The number of ether oxygens (including phenoxy) is 2. The van der Waals surface area contributed by atoms with Crippen molar-refractivity contribution < 1.29 is 32.6 Å². The summed E-state index contributed by atoms with van der Waals surface area (Å²) in [4.78, 5) is 22.4. The predicted octanol–water partition coefficient (Wildman–Crippen LogP) is 2.91.